The van der Waals surface area contributed by atoms with Crippen molar-refractivity contribution in [3.63, 3.8) is 0 Å². The van der Waals surface area contributed by atoms with E-state index in [1.807, 2.05) is 34.6 Å². The Morgan fingerprint density at radius 2 is 1.81 bits per heavy atom. The molecule has 2 rings (SSSR count). The number of esters is 1. The normalized spacial score (nSPS) is 18.3. The molecule has 7 heteroatoms. The van der Waals surface area contributed by atoms with Crippen molar-refractivity contribution in [1.29, 1.82) is 0 Å². The average molecular weight is 375 g/mol. The minimum absolute atomic E-state index is 0.151. The number of carbonyl (C=O) groups is 1. The predicted molar refractivity (Wildman–Crippen MR) is 106 cm³/mol. The van der Waals surface area contributed by atoms with Crippen LogP contribution in [0.25, 0.3) is 5.57 Å². The van der Waals surface area contributed by atoms with Gasteiger partial charge in [-0.1, -0.05) is 12.2 Å². The van der Waals surface area contributed by atoms with Gasteiger partial charge in [0, 0.05) is 17.7 Å². The summed E-state index contributed by atoms with van der Waals surface area (Å²) < 4.78 is 22.8. The van der Waals surface area contributed by atoms with E-state index in [1.165, 1.54) is 7.11 Å². The Hall–Kier alpha value is -1.86. The number of methoxy groups -OCH3 is 1. The molecule has 1 aromatic heterocycles. The van der Waals surface area contributed by atoms with Gasteiger partial charge in [0.15, 0.2) is 0 Å². The zero-order valence-corrected chi connectivity index (χ0v) is 17.6. The van der Waals surface area contributed by atoms with Crippen LogP contribution in [0.4, 0.5) is 0 Å². The lowest BCUT2D eigenvalue weighted by Crippen LogP contribution is -2.41. The van der Waals surface area contributed by atoms with Crippen LogP contribution in [0.3, 0.4) is 0 Å². The maximum atomic E-state index is 11.8. The van der Waals surface area contributed by atoms with Gasteiger partial charge in [-0.25, -0.2) is 4.98 Å². The smallest absolute Gasteiger partial charge is 0.476 e. The van der Waals surface area contributed by atoms with Gasteiger partial charge in [-0.3, -0.25) is 4.79 Å². The summed E-state index contributed by atoms with van der Waals surface area (Å²) in [5.41, 5.74) is 0.853. The summed E-state index contributed by atoms with van der Waals surface area (Å²) in [7, 11) is 0.829. The Morgan fingerprint density at radius 1 is 1.26 bits per heavy atom. The summed E-state index contributed by atoms with van der Waals surface area (Å²) in [4.78, 5) is 16.2. The van der Waals surface area contributed by atoms with Crippen LogP contribution in [-0.4, -0.2) is 43.0 Å². The van der Waals surface area contributed by atoms with E-state index in [2.05, 4.69) is 11.6 Å². The first-order valence-corrected chi connectivity index (χ1v) is 9.03. The summed E-state index contributed by atoms with van der Waals surface area (Å²) >= 11 is 0. The first-order chi connectivity index (χ1) is 12.3. The van der Waals surface area contributed by atoms with Gasteiger partial charge in [-0.2, -0.15) is 0 Å². The molecule has 0 N–H and O–H groups in total. The number of allylic oxidation sites excluding steroid dienone is 1. The second-order valence-electron chi connectivity index (χ2n) is 8.64. The molecule has 1 saturated heterocycles. The molecule has 148 valence electrons. The number of pyridine rings is 1. The van der Waals surface area contributed by atoms with Crippen molar-refractivity contribution in [3.8, 4) is 5.88 Å². The van der Waals surface area contributed by atoms with E-state index < -0.39 is 23.7 Å². The second kappa shape index (κ2) is 7.28. The Labute approximate surface area is 162 Å². The molecule has 0 aliphatic carbocycles. The van der Waals surface area contributed by atoms with E-state index in [0.29, 0.717) is 5.88 Å². The third-order valence-electron chi connectivity index (χ3n) is 5.20. The number of nitrogens with zero attached hydrogens (tertiary/aromatic N) is 1. The molecule has 0 aromatic carbocycles. The molecule has 6 nitrogen and oxygen atoms in total. The molecule has 0 radical (unpaired) electrons. The van der Waals surface area contributed by atoms with Gasteiger partial charge in [0.25, 0.3) is 0 Å². The Balaban J connectivity index is 2.26. The lowest BCUT2D eigenvalue weighted by molar-refractivity contribution is -0.152. The molecule has 0 unspecified atom stereocenters. The molecular formula is C20H30BNO5. The maximum absolute atomic E-state index is 11.8. The molecule has 0 bridgehead atoms. The molecule has 0 amide bonds. The molecule has 1 fully saturated rings. The van der Waals surface area contributed by atoms with Crippen molar-refractivity contribution in [2.75, 3.05) is 13.7 Å². The molecule has 1 aliphatic rings. The number of hydrogen-bond donors (Lipinski definition) is 0. The van der Waals surface area contributed by atoms with Crippen molar-refractivity contribution in [2.45, 2.75) is 59.7 Å². The van der Waals surface area contributed by atoms with Crippen LogP contribution < -0.4 is 10.2 Å². The van der Waals surface area contributed by atoms with Crippen molar-refractivity contribution >= 4 is 24.1 Å². The van der Waals surface area contributed by atoms with E-state index >= 15 is 0 Å². The van der Waals surface area contributed by atoms with Crippen LogP contribution in [0.5, 0.6) is 5.88 Å². The highest BCUT2D eigenvalue weighted by Gasteiger charge is 2.52. The first-order valence-electron chi connectivity index (χ1n) is 9.03. The second-order valence-corrected chi connectivity index (χ2v) is 8.64. The summed E-state index contributed by atoms with van der Waals surface area (Å²) in [5.74, 6) is 0.0710. The number of hydrogen-bond acceptors (Lipinski definition) is 6. The van der Waals surface area contributed by atoms with E-state index in [9.17, 15) is 4.79 Å². The van der Waals surface area contributed by atoms with Crippen molar-refractivity contribution < 1.29 is 23.6 Å². The molecule has 0 saturated carbocycles. The van der Waals surface area contributed by atoms with Crippen LogP contribution in [0.15, 0.2) is 18.8 Å². The molecule has 27 heavy (non-hydrogen) atoms. The summed E-state index contributed by atoms with van der Waals surface area (Å²) in [6.07, 6.45) is 1.69. The van der Waals surface area contributed by atoms with Gasteiger partial charge in [0.05, 0.1) is 23.7 Å². The topological polar surface area (TPSA) is 66.9 Å². The lowest BCUT2D eigenvalue weighted by atomic mass is 9.76. The fourth-order valence-corrected chi connectivity index (χ4v) is 2.64. The third-order valence-corrected chi connectivity index (χ3v) is 5.20. The maximum Gasteiger partial charge on any atom is 0.497 e. The van der Waals surface area contributed by atoms with Crippen LogP contribution in [0, 0.1) is 5.41 Å². The van der Waals surface area contributed by atoms with E-state index in [0.717, 1.165) is 16.6 Å². The fraction of sp³-hybridized carbons (Fsp3) is 0.600. The Kier molecular flexibility index (Phi) is 5.78. The van der Waals surface area contributed by atoms with E-state index in [-0.39, 0.29) is 12.6 Å². The Bertz CT molecular complexity index is 726. The van der Waals surface area contributed by atoms with E-state index in [1.54, 1.807) is 26.1 Å². The molecule has 0 atom stereocenters. The summed E-state index contributed by atoms with van der Waals surface area (Å²) in [6.45, 7) is 17.7. The largest absolute Gasteiger partial charge is 0.497 e. The van der Waals surface area contributed by atoms with Crippen LogP contribution in [0.2, 0.25) is 0 Å². The van der Waals surface area contributed by atoms with Crippen LogP contribution in [0.1, 0.15) is 54.0 Å². The zero-order chi connectivity index (χ0) is 20.6. The van der Waals surface area contributed by atoms with Gasteiger partial charge in [0.1, 0.15) is 6.61 Å². The molecular weight excluding hydrogens is 345 g/mol. The summed E-state index contributed by atoms with van der Waals surface area (Å²) in [5, 5.41) is 0. The van der Waals surface area contributed by atoms with Gasteiger partial charge in [0.2, 0.25) is 5.88 Å². The minimum Gasteiger partial charge on any atom is -0.476 e. The number of carbonyl (C=O) groups excluding carboxylic acids is 1. The van der Waals surface area contributed by atoms with Crippen LogP contribution >= 0.6 is 0 Å². The highest BCUT2D eigenvalue weighted by Crippen LogP contribution is 2.37. The number of ether oxygens (including phenoxy) is 2. The molecule has 1 aliphatic heterocycles. The molecule has 2 heterocycles. The van der Waals surface area contributed by atoms with Crippen LogP contribution in [-0.2, 0) is 18.8 Å². The highest BCUT2D eigenvalue weighted by molar-refractivity contribution is 6.63. The highest BCUT2D eigenvalue weighted by atomic mass is 16.7. The Morgan fingerprint density at radius 3 is 2.30 bits per heavy atom. The standard InChI is InChI=1S/C20H30BNO5/c1-13(2)14-10-16(25-12-18(3,4)17(23)24-9)22-11-15(14)21-26-19(5,6)20(7,8)27-21/h10-11H,1,12H2,2-9H3. The van der Waals surface area contributed by atoms with Gasteiger partial charge in [-0.05, 0) is 54.0 Å². The number of rotatable bonds is 6. The zero-order valence-electron chi connectivity index (χ0n) is 17.6. The van der Waals surface area contributed by atoms with Crippen molar-refractivity contribution in [3.05, 3.63) is 24.4 Å². The average Bonchev–Trinajstić information content (AvgIpc) is 2.79. The van der Waals surface area contributed by atoms with Crippen molar-refractivity contribution in [2.24, 2.45) is 5.41 Å². The SMILES string of the molecule is C=C(C)c1cc(OCC(C)(C)C(=O)OC)ncc1B1OC(C)(C)C(C)(C)O1. The third kappa shape index (κ3) is 4.35. The lowest BCUT2D eigenvalue weighted by Gasteiger charge is -2.32. The quantitative estimate of drug-likeness (QED) is 0.563. The van der Waals surface area contributed by atoms with Crippen molar-refractivity contribution in [1.82, 2.24) is 4.98 Å². The van der Waals surface area contributed by atoms with E-state index in [4.69, 9.17) is 18.8 Å². The predicted octanol–water partition coefficient (Wildman–Crippen LogP) is 2.99. The molecule has 1 aromatic rings. The minimum atomic E-state index is -0.774. The summed E-state index contributed by atoms with van der Waals surface area (Å²) in [6, 6.07) is 1.80. The van der Waals surface area contributed by atoms with Gasteiger partial charge >= 0.3 is 13.1 Å². The van der Waals surface area contributed by atoms with Gasteiger partial charge < -0.3 is 18.8 Å². The first kappa shape index (κ1) is 21.4. The van der Waals surface area contributed by atoms with Gasteiger partial charge in [-0.15, -0.1) is 0 Å². The fourth-order valence-electron chi connectivity index (χ4n) is 2.64. The monoisotopic (exact) mass is 375 g/mol. The molecule has 0 spiro atoms. The number of aromatic nitrogens is 1.